The molecule has 2 amide bonds. The molecule has 1 heterocycles. The molecule has 0 aliphatic carbocycles. The molecular weight excluding hydrogens is 272 g/mol. The van der Waals surface area contributed by atoms with Crippen molar-refractivity contribution in [2.75, 3.05) is 24.2 Å². The van der Waals surface area contributed by atoms with Crippen molar-refractivity contribution in [3.8, 4) is 0 Å². The van der Waals surface area contributed by atoms with Gasteiger partial charge in [0, 0.05) is 12.3 Å². The number of thioether (sulfide) groups is 1. The van der Waals surface area contributed by atoms with Crippen molar-refractivity contribution in [1.82, 2.24) is 4.90 Å². The third kappa shape index (κ3) is 3.17. The van der Waals surface area contributed by atoms with Gasteiger partial charge in [-0.25, -0.2) is 0 Å². The van der Waals surface area contributed by atoms with Gasteiger partial charge in [0.25, 0.3) is 5.24 Å². The lowest BCUT2D eigenvalue weighted by Gasteiger charge is -2.14. The fourth-order valence-corrected chi connectivity index (χ4v) is 2.76. The van der Waals surface area contributed by atoms with E-state index in [1.54, 1.807) is 12.1 Å². The molecule has 18 heavy (non-hydrogen) atoms. The number of anilines is 1. The fourth-order valence-electron chi connectivity index (χ4n) is 1.65. The van der Waals surface area contributed by atoms with Crippen LogP contribution in [0.5, 0.6) is 0 Å². The molecule has 0 spiro atoms. The molecule has 0 saturated carbocycles. The summed E-state index contributed by atoms with van der Waals surface area (Å²) in [4.78, 5) is 24.7. The summed E-state index contributed by atoms with van der Waals surface area (Å²) in [5.74, 6) is 0.522. The van der Waals surface area contributed by atoms with Gasteiger partial charge in [-0.15, -0.1) is 0 Å². The lowest BCUT2D eigenvalue weighted by atomic mass is 10.2. The number of nitrogens with one attached hydrogen (secondary N) is 1. The maximum atomic E-state index is 11.8. The van der Waals surface area contributed by atoms with Gasteiger partial charge in [0.1, 0.15) is 6.54 Å². The van der Waals surface area contributed by atoms with E-state index < -0.39 is 0 Å². The summed E-state index contributed by atoms with van der Waals surface area (Å²) in [5, 5.41) is 3.17. The molecule has 1 aliphatic heterocycles. The van der Waals surface area contributed by atoms with Crippen molar-refractivity contribution in [3.05, 3.63) is 28.8 Å². The minimum atomic E-state index is -0.225. The quantitative estimate of drug-likeness (QED) is 0.928. The first-order valence-electron chi connectivity index (χ1n) is 5.54. The van der Waals surface area contributed by atoms with Crippen LogP contribution in [-0.2, 0) is 4.79 Å². The van der Waals surface area contributed by atoms with Crippen LogP contribution in [0.25, 0.3) is 0 Å². The molecule has 1 aromatic carbocycles. The van der Waals surface area contributed by atoms with Crippen molar-refractivity contribution < 1.29 is 9.59 Å². The lowest BCUT2D eigenvalue weighted by Crippen LogP contribution is -2.33. The third-order valence-electron chi connectivity index (χ3n) is 2.58. The number of amides is 2. The Hall–Kier alpha value is -1.20. The Balaban J connectivity index is 1.96. The van der Waals surface area contributed by atoms with Crippen LogP contribution in [0.4, 0.5) is 10.5 Å². The van der Waals surface area contributed by atoms with E-state index >= 15 is 0 Å². The standard InChI is InChI=1S/C12H13ClN2O2S/c1-8-2-3-10(9(13)6-8)14-11(16)7-15-4-5-18-12(15)17/h2-3,6H,4-5,7H2,1H3,(H,14,16). The van der Waals surface area contributed by atoms with E-state index in [9.17, 15) is 9.59 Å². The van der Waals surface area contributed by atoms with E-state index in [0.29, 0.717) is 17.3 Å². The molecular formula is C12H13ClN2O2S. The van der Waals surface area contributed by atoms with Crippen LogP contribution in [0.15, 0.2) is 18.2 Å². The van der Waals surface area contributed by atoms with Crippen molar-refractivity contribution in [2.24, 2.45) is 0 Å². The number of benzene rings is 1. The topological polar surface area (TPSA) is 49.4 Å². The Bertz CT molecular complexity index is 493. The first-order chi connectivity index (χ1) is 8.56. The molecule has 0 radical (unpaired) electrons. The number of rotatable bonds is 3. The second-order valence-electron chi connectivity index (χ2n) is 4.07. The SMILES string of the molecule is Cc1ccc(NC(=O)CN2CCSC2=O)c(Cl)c1. The van der Waals surface area contributed by atoms with Gasteiger partial charge in [0.15, 0.2) is 0 Å². The molecule has 0 unspecified atom stereocenters. The molecule has 2 rings (SSSR count). The Morgan fingerprint density at radius 1 is 1.56 bits per heavy atom. The van der Waals surface area contributed by atoms with Crippen molar-refractivity contribution >= 4 is 40.2 Å². The first-order valence-corrected chi connectivity index (χ1v) is 6.90. The molecule has 1 fully saturated rings. The van der Waals surface area contributed by atoms with E-state index in [0.717, 1.165) is 11.3 Å². The van der Waals surface area contributed by atoms with Gasteiger partial charge in [-0.05, 0) is 24.6 Å². The van der Waals surface area contributed by atoms with E-state index in [4.69, 9.17) is 11.6 Å². The molecule has 1 aromatic rings. The maximum absolute atomic E-state index is 11.8. The number of nitrogens with zero attached hydrogens (tertiary/aromatic N) is 1. The van der Waals surface area contributed by atoms with Crippen LogP contribution in [-0.4, -0.2) is 34.9 Å². The normalized spacial score (nSPS) is 15.0. The van der Waals surface area contributed by atoms with Crippen LogP contribution >= 0.6 is 23.4 Å². The number of carbonyl (C=O) groups is 2. The summed E-state index contributed by atoms with van der Waals surface area (Å²) in [7, 11) is 0. The molecule has 1 N–H and O–H groups in total. The molecule has 1 aliphatic rings. The zero-order valence-corrected chi connectivity index (χ0v) is 11.5. The van der Waals surface area contributed by atoms with Gasteiger partial charge in [0.2, 0.25) is 5.91 Å². The monoisotopic (exact) mass is 284 g/mol. The summed E-state index contributed by atoms with van der Waals surface area (Å²) in [5.41, 5.74) is 1.61. The highest BCUT2D eigenvalue weighted by Gasteiger charge is 2.23. The van der Waals surface area contributed by atoms with Gasteiger partial charge in [-0.1, -0.05) is 29.4 Å². The molecule has 4 nitrogen and oxygen atoms in total. The predicted octanol–water partition coefficient (Wildman–Crippen LogP) is 2.76. The second kappa shape index (κ2) is 5.63. The van der Waals surface area contributed by atoms with Gasteiger partial charge >= 0.3 is 0 Å². The van der Waals surface area contributed by atoms with Gasteiger partial charge in [-0.3, -0.25) is 9.59 Å². The predicted molar refractivity (Wildman–Crippen MR) is 74.2 cm³/mol. The summed E-state index contributed by atoms with van der Waals surface area (Å²) in [6, 6.07) is 5.42. The average Bonchev–Trinajstić information content (AvgIpc) is 2.69. The summed E-state index contributed by atoms with van der Waals surface area (Å²) in [6.45, 7) is 2.63. The Morgan fingerprint density at radius 2 is 2.33 bits per heavy atom. The van der Waals surface area contributed by atoms with Crippen LogP contribution in [0, 0.1) is 6.92 Å². The number of carbonyl (C=O) groups excluding carboxylic acids is 2. The molecule has 6 heteroatoms. The minimum absolute atomic E-state index is 0.0415. The van der Waals surface area contributed by atoms with E-state index in [-0.39, 0.29) is 17.7 Å². The highest BCUT2D eigenvalue weighted by Crippen LogP contribution is 2.23. The van der Waals surface area contributed by atoms with Crippen molar-refractivity contribution in [2.45, 2.75) is 6.92 Å². The van der Waals surface area contributed by atoms with Crippen LogP contribution < -0.4 is 5.32 Å². The van der Waals surface area contributed by atoms with Crippen molar-refractivity contribution in [3.63, 3.8) is 0 Å². The van der Waals surface area contributed by atoms with Crippen LogP contribution in [0.3, 0.4) is 0 Å². The molecule has 0 atom stereocenters. The lowest BCUT2D eigenvalue weighted by molar-refractivity contribution is -0.116. The largest absolute Gasteiger partial charge is 0.323 e. The summed E-state index contributed by atoms with van der Waals surface area (Å²) >= 11 is 7.26. The number of aryl methyl sites for hydroxylation is 1. The highest BCUT2D eigenvalue weighted by atomic mass is 35.5. The van der Waals surface area contributed by atoms with E-state index in [1.807, 2.05) is 13.0 Å². The maximum Gasteiger partial charge on any atom is 0.282 e. The summed E-state index contributed by atoms with van der Waals surface area (Å²) in [6.07, 6.45) is 0. The number of halogens is 1. The van der Waals surface area contributed by atoms with Crippen molar-refractivity contribution in [1.29, 1.82) is 0 Å². The number of hydrogen-bond acceptors (Lipinski definition) is 3. The fraction of sp³-hybridized carbons (Fsp3) is 0.333. The van der Waals surface area contributed by atoms with E-state index in [1.165, 1.54) is 16.7 Å². The van der Waals surface area contributed by atoms with Gasteiger partial charge < -0.3 is 10.2 Å². The zero-order chi connectivity index (χ0) is 13.1. The van der Waals surface area contributed by atoms with Gasteiger partial charge in [-0.2, -0.15) is 0 Å². The van der Waals surface area contributed by atoms with Crippen LogP contribution in [0.1, 0.15) is 5.56 Å². The third-order valence-corrected chi connectivity index (χ3v) is 3.78. The molecule has 0 aromatic heterocycles. The second-order valence-corrected chi connectivity index (χ2v) is 5.52. The average molecular weight is 285 g/mol. The molecule has 0 bridgehead atoms. The number of hydrogen-bond donors (Lipinski definition) is 1. The van der Waals surface area contributed by atoms with Gasteiger partial charge in [0.05, 0.1) is 10.7 Å². The summed E-state index contributed by atoms with van der Waals surface area (Å²) < 4.78 is 0. The molecule has 1 saturated heterocycles. The first kappa shape index (κ1) is 13.2. The highest BCUT2D eigenvalue weighted by molar-refractivity contribution is 8.13. The molecule has 96 valence electrons. The Kier molecular flexibility index (Phi) is 4.14. The Labute approximate surface area is 115 Å². The smallest absolute Gasteiger partial charge is 0.282 e. The zero-order valence-electron chi connectivity index (χ0n) is 9.90. The van der Waals surface area contributed by atoms with Crippen LogP contribution in [0.2, 0.25) is 5.02 Å². The van der Waals surface area contributed by atoms with E-state index in [2.05, 4.69) is 5.32 Å². The Morgan fingerprint density at radius 3 is 2.94 bits per heavy atom. The minimum Gasteiger partial charge on any atom is -0.323 e.